The molecule has 0 radical (unpaired) electrons. The van der Waals surface area contributed by atoms with Crippen LogP contribution in [0.3, 0.4) is 0 Å². The highest BCUT2D eigenvalue weighted by atomic mass is 32.2. The molecule has 2 aromatic rings. The minimum Gasteiger partial charge on any atom is -0.326 e. The molecular formula is C18H21FN2O3S. The summed E-state index contributed by atoms with van der Waals surface area (Å²) in [6, 6.07) is 10.3. The van der Waals surface area contributed by atoms with Gasteiger partial charge < -0.3 is 5.32 Å². The summed E-state index contributed by atoms with van der Waals surface area (Å²) in [6.45, 7) is 3.85. The average molecular weight is 364 g/mol. The fourth-order valence-corrected chi connectivity index (χ4v) is 3.36. The number of carbonyl (C=O) groups excluding carboxylic acids is 1. The fraction of sp³-hybridized carbons (Fsp3) is 0.278. The summed E-state index contributed by atoms with van der Waals surface area (Å²) in [6.07, 6.45) is 0.914. The third-order valence-electron chi connectivity index (χ3n) is 3.52. The second-order valence-corrected chi connectivity index (χ2v) is 7.90. The Labute approximate surface area is 147 Å². The maximum absolute atomic E-state index is 13.1. The number of sulfonamides is 1. The van der Waals surface area contributed by atoms with Crippen molar-refractivity contribution < 1.29 is 17.6 Å². The Bertz CT molecular complexity index is 844. The molecule has 0 aliphatic heterocycles. The van der Waals surface area contributed by atoms with Gasteiger partial charge in [-0.1, -0.05) is 18.2 Å². The standard InChI is InChI=1S/C18H21FN2O3S/c1-12-8-13(2)10-16(9-12)20-18(22)11-17(21-25(3,23)24)14-4-6-15(19)7-5-14/h4-10,17,21H,11H2,1-3H3,(H,20,22)/t17-/m0/s1. The second kappa shape index (κ2) is 7.76. The quantitative estimate of drug-likeness (QED) is 0.827. The van der Waals surface area contributed by atoms with Crippen molar-refractivity contribution in [3.8, 4) is 0 Å². The molecule has 7 heteroatoms. The van der Waals surface area contributed by atoms with Gasteiger partial charge in [-0.05, 0) is 54.8 Å². The summed E-state index contributed by atoms with van der Waals surface area (Å²) in [5.74, 6) is -0.767. The van der Waals surface area contributed by atoms with Crippen molar-refractivity contribution in [2.75, 3.05) is 11.6 Å². The number of anilines is 1. The van der Waals surface area contributed by atoms with Crippen LogP contribution in [0, 0.1) is 19.7 Å². The highest BCUT2D eigenvalue weighted by Gasteiger charge is 2.20. The number of amides is 1. The molecular weight excluding hydrogens is 343 g/mol. The van der Waals surface area contributed by atoms with Crippen LogP contribution in [0.5, 0.6) is 0 Å². The van der Waals surface area contributed by atoms with Crippen molar-refractivity contribution in [1.82, 2.24) is 4.72 Å². The molecule has 2 rings (SSSR count). The number of hydrogen-bond acceptors (Lipinski definition) is 3. The Balaban J connectivity index is 2.17. The lowest BCUT2D eigenvalue weighted by Crippen LogP contribution is -2.30. The summed E-state index contributed by atoms with van der Waals surface area (Å²) in [7, 11) is -3.54. The van der Waals surface area contributed by atoms with Crippen LogP contribution in [0.1, 0.15) is 29.2 Å². The van der Waals surface area contributed by atoms with Gasteiger partial charge >= 0.3 is 0 Å². The predicted octanol–water partition coefficient (Wildman–Crippen LogP) is 3.06. The fourth-order valence-electron chi connectivity index (χ4n) is 2.63. The van der Waals surface area contributed by atoms with Gasteiger partial charge in [0.1, 0.15) is 5.82 Å². The zero-order chi connectivity index (χ0) is 18.6. The van der Waals surface area contributed by atoms with Gasteiger partial charge in [-0.25, -0.2) is 17.5 Å². The van der Waals surface area contributed by atoms with Gasteiger partial charge in [0.05, 0.1) is 12.3 Å². The highest BCUT2D eigenvalue weighted by Crippen LogP contribution is 2.20. The van der Waals surface area contributed by atoms with Crippen LogP contribution in [-0.2, 0) is 14.8 Å². The molecule has 5 nitrogen and oxygen atoms in total. The van der Waals surface area contributed by atoms with E-state index in [0.717, 1.165) is 17.4 Å². The maximum Gasteiger partial charge on any atom is 0.226 e. The van der Waals surface area contributed by atoms with E-state index in [9.17, 15) is 17.6 Å². The normalized spacial score (nSPS) is 12.6. The second-order valence-electron chi connectivity index (χ2n) is 6.12. The van der Waals surface area contributed by atoms with E-state index in [1.165, 1.54) is 24.3 Å². The minimum absolute atomic E-state index is 0.105. The first-order valence-electron chi connectivity index (χ1n) is 7.73. The lowest BCUT2D eigenvalue weighted by atomic mass is 10.0. The Morgan fingerprint density at radius 2 is 1.64 bits per heavy atom. The maximum atomic E-state index is 13.1. The summed E-state index contributed by atoms with van der Waals surface area (Å²) < 4.78 is 38.7. The lowest BCUT2D eigenvalue weighted by Gasteiger charge is -2.18. The number of carbonyl (C=O) groups is 1. The van der Waals surface area contributed by atoms with Crippen molar-refractivity contribution in [3.63, 3.8) is 0 Å². The molecule has 0 aromatic heterocycles. The minimum atomic E-state index is -3.54. The molecule has 0 fully saturated rings. The first-order valence-corrected chi connectivity index (χ1v) is 9.62. The van der Waals surface area contributed by atoms with E-state index in [2.05, 4.69) is 10.0 Å². The molecule has 134 valence electrons. The van der Waals surface area contributed by atoms with Gasteiger partial charge in [-0.2, -0.15) is 0 Å². The van der Waals surface area contributed by atoms with Crippen LogP contribution in [0.2, 0.25) is 0 Å². The lowest BCUT2D eigenvalue weighted by molar-refractivity contribution is -0.116. The van der Waals surface area contributed by atoms with Crippen LogP contribution in [0.15, 0.2) is 42.5 Å². The number of halogens is 1. The van der Waals surface area contributed by atoms with E-state index in [4.69, 9.17) is 0 Å². The molecule has 0 saturated heterocycles. The van der Waals surface area contributed by atoms with Crippen molar-refractivity contribution >= 4 is 21.6 Å². The molecule has 0 aliphatic carbocycles. The van der Waals surface area contributed by atoms with E-state index in [1.54, 1.807) is 0 Å². The van der Waals surface area contributed by atoms with Gasteiger partial charge in [0, 0.05) is 12.1 Å². The van der Waals surface area contributed by atoms with Crippen LogP contribution in [0.25, 0.3) is 0 Å². The summed E-state index contributed by atoms with van der Waals surface area (Å²) in [5.41, 5.74) is 3.20. The van der Waals surface area contributed by atoms with E-state index in [0.29, 0.717) is 11.3 Å². The Morgan fingerprint density at radius 3 is 2.16 bits per heavy atom. The third kappa shape index (κ3) is 6.28. The Hall–Kier alpha value is -2.25. The van der Waals surface area contributed by atoms with Crippen molar-refractivity contribution in [3.05, 3.63) is 65.0 Å². The van der Waals surface area contributed by atoms with Gasteiger partial charge in [0.15, 0.2) is 0 Å². The molecule has 2 N–H and O–H groups in total. The SMILES string of the molecule is Cc1cc(C)cc(NC(=O)C[C@H](NS(C)(=O)=O)c2ccc(F)cc2)c1. The molecule has 0 bridgehead atoms. The van der Waals surface area contributed by atoms with E-state index in [-0.39, 0.29) is 12.3 Å². The summed E-state index contributed by atoms with van der Waals surface area (Å²) in [4.78, 5) is 12.4. The number of aryl methyl sites for hydroxylation is 2. The largest absolute Gasteiger partial charge is 0.326 e. The average Bonchev–Trinajstić information content (AvgIpc) is 2.44. The molecule has 0 saturated carbocycles. The molecule has 25 heavy (non-hydrogen) atoms. The first kappa shape index (κ1) is 19.1. The monoisotopic (exact) mass is 364 g/mol. The zero-order valence-electron chi connectivity index (χ0n) is 14.3. The first-order chi connectivity index (χ1) is 11.6. The number of nitrogens with one attached hydrogen (secondary N) is 2. The van der Waals surface area contributed by atoms with Crippen LogP contribution < -0.4 is 10.0 Å². The van der Waals surface area contributed by atoms with Crippen molar-refractivity contribution in [2.45, 2.75) is 26.3 Å². The Kier molecular flexibility index (Phi) is 5.92. The molecule has 0 heterocycles. The zero-order valence-corrected chi connectivity index (χ0v) is 15.2. The summed E-state index contributed by atoms with van der Waals surface area (Å²) in [5, 5.41) is 2.77. The molecule has 1 atom stereocenters. The highest BCUT2D eigenvalue weighted by molar-refractivity contribution is 7.88. The van der Waals surface area contributed by atoms with Crippen molar-refractivity contribution in [1.29, 1.82) is 0 Å². The summed E-state index contributed by atoms with van der Waals surface area (Å²) >= 11 is 0. The molecule has 2 aromatic carbocycles. The van der Waals surface area contributed by atoms with Crippen molar-refractivity contribution in [2.24, 2.45) is 0 Å². The number of hydrogen-bond donors (Lipinski definition) is 2. The number of rotatable bonds is 6. The van der Waals surface area contributed by atoms with Gasteiger partial charge in [0.25, 0.3) is 0 Å². The van der Waals surface area contributed by atoms with E-state index < -0.39 is 21.9 Å². The van der Waals surface area contributed by atoms with Crippen LogP contribution in [0.4, 0.5) is 10.1 Å². The molecule has 1 amide bonds. The van der Waals surface area contributed by atoms with E-state index in [1.807, 2.05) is 32.0 Å². The Morgan fingerprint density at radius 1 is 1.08 bits per heavy atom. The molecule has 0 spiro atoms. The van der Waals surface area contributed by atoms with Gasteiger partial charge in [-0.15, -0.1) is 0 Å². The van der Waals surface area contributed by atoms with Crippen LogP contribution >= 0.6 is 0 Å². The van der Waals surface area contributed by atoms with Gasteiger partial charge in [-0.3, -0.25) is 4.79 Å². The third-order valence-corrected chi connectivity index (χ3v) is 4.24. The smallest absolute Gasteiger partial charge is 0.226 e. The number of benzene rings is 2. The molecule has 0 aliphatic rings. The van der Waals surface area contributed by atoms with Crippen LogP contribution in [-0.4, -0.2) is 20.6 Å². The molecule has 0 unspecified atom stereocenters. The predicted molar refractivity (Wildman–Crippen MR) is 96.3 cm³/mol. The van der Waals surface area contributed by atoms with E-state index >= 15 is 0 Å². The van der Waals surface area contributed by atoms with Gasteiger partial charge in [0.2, 0.25) is 15.9 Å². The topological polar surface area (TPSA) is 75.3 Å².